The first-order valence-corrected chi connectivity index (χ1v) is 10.5. The summed E-state index contributed by atoms with van der Waals surface area (Å²) < 4.78 is 20.3. The molecule has 0 bridgehead atoms. The van der Waals surface area contributed by atoms with Crippen LogP contribution in [0.5, 0.6) is 0 Å². The summed E-state index contributed by atoms with van der Waals surface area (Å²) in [6.45, 7) is 3.43. The van der Waals surface area contributed by atoms with Crippen molar-refractivity contribution in [2.45, 2.75) is 51.7 Å². The van der Waals surface area contributed by atoms with Gasteiger partial charge in [0.05, 0.1) is 11.4 Å². The number of fused-ring (bicyclic) bond motifs is 1. The molecule has 2 aromatic heterocycles. The highest BCUT2D eigenvalue weighted by atomic mass is 32.1. The molecule has 1 N–H and O–H groups in total. The number of carbonyl (C=O) groups excluding carboxylic acids is 2. The Morgan fingerprint density at radius 2 is 1.97 bits per heavy atom. The lowest BCUT2D eigenvalue weighted by molar-refractivity contribution is -0.129. The van der Waals surface area contributed by atoms with Gasteiger partial charge in [-0.05, 0) is 57.0 Å². The highest BCUT2D eigenvalue weighted by Crippen LogP contribution is 2.31. The van der Waals surface area contributed by atoms with Gasteiger partial charge in [0.2, 0.25) is 0 Å². The topological polar surface area (TPSA) is 73.2 Å². The molecule has 2 heterocycles. The quantitative estimate of drug-likeness (QED) is 0.636. The van der Waals surface area contributed by atoms with Crippen LogP contribution in [0.3, 0.4) is 0 Å². The fourth-order valence-corrected chi connectivity index (χ4v) is 4.63. The third-order valence-corrected chi connectivity index (χ3v) is 6.26. The molecule has 1 fully saturated rings. The largest absolute Gasteiger partial charge is 0.448 e. The first-order valence-electron chi connectivity index (χ1n) is 9.69. The second kappa shape index (κ2) is 7.94. The number of aryl methyl sites for hydroxylation is 1. The van der Waals surface area contributed by atoms with Crippen LogP contribution in [0.15, 0.2) is 30.3 Å². The monoisotopic (exact) mass is 415 g/mol. The van der Waals surface area contributed by atoms with Crippen LogP contribution in [0.4, 0.5) is 4.39 Å². The minimum atomic E-state index is -0.858. The maximum absolute atomic E-state index is 13.2. The lowest BCUT2D eigenvalue weighted by Gasteiger charge is -2.16. The van der Waals surface area contributed by atoms with Crippen LogP contribution < -0.4 is 5.32 Å². The summed E-state index contributed by atoms with van der Waals surface area (Å²) in [6.07, 6.45) is 3.32. The molecule has 0 radical (unpaired) electrons. The van der Waals surface area contributed by atoms with Gasteiger partial charge in [0, 0.05) is 11.4 Å². The number of aromatic nitrogens is 2. The number of amides is 1. The molecular weight excluding hydrogens is 393 g/mol. The molecule has 29 heavy (non-hydrogen) atoms. The van der Waals surface area contributed by atoms with Crippen molar-refractivity contribution in [3.8, 4) is 5.69 Å². The standard InChI is InChI=1S/C21H22FN3O3S/c1-12-17-11-18(21(27)28-13(2)19(26)23-15-5-3-4-6-15)29-20(17)25(24-12)16-9-7-14(22)8-10-16/h7-11,13,15H,3-6H2,1-2H3,(H,23,26)/t13-/m1/s1. The lowest BCUT2D eigenvalue weighted by Crippen LogP contribution is -2.40. The van der Waals surface area contributed by atoms with Gasteiger partial charge in [0.1, 0.15) is 15.5 Å². The number of hydrogen-bond donors (Lipinski definition) is 1. The van der Waals surface area contributed by atoms with Crippen molar-refractivity contribution in [1.29, 1.82) is 0 Å². The molecule has 1 aliphatic carbocycles. The Labute approximate surface area is 171 Å². The molecule has 3 aromatic rings. The van der Waals surface area contributed by atoms with Gasteiger partial charge in [-0.25, -0.2) is 13.9 Å². The van der Waals surface area contributed by atoms with Gasteiger partial charge in [-0.2, -0.15) is 5.10 Å². The molecule has 1 aliphatic rings. The number of nitrogens with zero attached hydrogens (tertiary/aromatic N) is 2. The number of benzene rings is 1. The van der Waals surface area contributed by atoms with E-state index in [2.05, 4.69) is 10.4 Å². The molecule has 1 amide bonds. The predicted octanol–water partition coefficient (Wildman–Crippen LogP) is 4.14. The molecule has 0 spiro atoms. The zero-order chi connectivity index (χ0) is 20.5. The van der Waals surface area contributed by atoms with E-state index >= 15 is 0 Å². The van der Waals surface area contributed by atoms with E-state index in [1.807, 2.05) is 6.92 Å². The predicted molar refractivity (Wildman–Crippen MR) is 109 cm³/mol. The van der Waals surface area contributed by atoms with Gasteiger partial charge in [0.25, 0.3) is 5.91 Å². The molecule has 1 atom stereocenters. The zero-order valence-corrected chi connectivity index (χ0v) is 17.1. The Kier molecular flexibility index (Phi) is 5.36. The summed E-state index contributed by atoms with van der Waals surface area (Å²) in [6, 6.07) is 7.91. The van der Waals surface area contributed by atoms with Gasteiger partial charge in [-0.3, -0.25) is 4.79 Å². The summed E-state index contributed by atoms with van der Waals surface area (Å²) in [5.41, 5.74) is 1.46. The minimum Gasteiger partial charge on any atom is -0.448 e. The zero-order valence-electron chi connectivity index (χ0n) is 16.3. The summed E-state index contributed by atoms with van der Waals surface area (Å²) in [5.74, 6) is -1.13. The number of thiophene rings is 1. The number of hydrogen-bond acceptors (Lipinski definition) is 5. The molecule has 0 saturated heterocycles. The van der Waals surface area contributed by atoms with Gasteiger partial charge in [-0.15, -0.1) is 11.3 Å². The summed E-state index contributed by atoms with van der Waals surface area (Å²) in [4.78, 5) is 26.0. The van der Waals surface area contributed by atoms with Crippen LogP contribution in [0, 0.1) is 12.7 Å². The number of carbonyl (C=O) groups is 2. The molecule has 8 heteroatoms. The molecule has 152 valence electrons. The number of rotatable bonds is 5. The second-order valence-electron chi connectivity index (χ2n) is 7.34. The Morgan fingerprint density at radius 3 is 2.66 bits per heavy atom. The average molecular weight is 415 g/mol. The van der Waals surface area contributed by atoms with E-state index in [4.69, 9.17) is 4.74 Å². The van der Waals surface area contributed by atoms with Crippen LogP contribution in [-0.4, -0.2) is 33.8 Å². The minimum absolute atomic E-state index is 0.178. The molecule has 0 aliphatic heterocycles. The van der Waals surface area contributed by atoms with E-state index in [0.717, 1.165) is 41.6 Å². The summed E-state index contributed by atoms with van der Waals surface area (Å²) in [7, 11) is 0. The number of nitrogens with one attached hydrogen (secondary N) is 1. The maximum atomic E-state index is 13.2. The van der Waals surface area contributed by atoms with Gasteiger partial charge in [-0.1, -0.05) is 12.8 Å². The Balaban J connectivity index is 1.51. The number of ether oxygens (including phenoxy) is 1. The van der Waals surface area contributed by atoms with Crippen molar-refractivity contribution in [1.82, 2.24) is 15.1 Å². The van der Waals surface area contributed by atoms with Gasteiger partial charge in [0.15, 0.2) is 6.10 Å². The van der Waals surface area contributed by atoms with E-state index in [1.165, 1.54) is 23.5 Å². The number of esters is 1. The fourth-order valence-electron chi connectivity index (χ4n) is 3.57. The smallest absolute Gasteiger partial charge is 0.349 e. The first-order chi connectivity index (χ1) is 13.9. The highest BCUT2D eigenvalue weighted by molar-refractivity contribution is 7.20. The normalized spacial score (nSPS) is 15.6. The first kappa shape index (κ1) is 19.6. The molecule has 1 saturated carbocycles. The van der Waals surface area contributed by atoms with Gasteiger partial charge < -0.3 is 10.1 Å². The van der Waals surface area contributed by atoms with Gasteiger partial charge >= 0.3 is 5.97 Å². The summed E-state index contributed by atoms with van der Waals surface area (Å²) in [5, 5.41) is 8.26. The van der Waals surface area contributed by atoms with Crippen LogP contribution >= 0.6 is 11.3 Å². The van der Waals surface area contributed by atoms with Crippen molar-refractivity contribution in [2.24, 2.45) is 0 Å². The SMILES string of the molecule is Cc1nn(-c2ccc(F)cc2)c2sc(C(=O)O[C@H](C)C(=O)NC3CCCC3)cc12. The molecule has 0 unspecified atom stereocenters. The van der Waals surface area contributed by atoms with E-state index in [0.29, 0.717) is 10.6 Å². The molecule has 6 nitrogen and oxygen atoms in total. The Bertz CT molecular complexity index is 1050. The second-order valence-corrected chi connectivity index (χ2v) is 8.37. The molecular formula is C21H22FN3O3S. The third kappa shape index (κ3) is 4.03. The van der Waals surface area contributed by atoms with E-state index in [1.54, 1.807) is 29.8 Å². The highest BCUT2D eigenvalue weighted by Gasteiger charge is 2.25. The summed E-state index contributed by atoms with van der Waals surface area (Å²) >= 11 is 1.24. The Hall–Kier alpha value is -2.74. The van der Waals surface area contributed by atoms with Crippen molar-refractivity contribution >= 4 is 33.4 Å². The van der Waals surface area contributed by atoms with Crippen molar-refractivity contribution in [3.05, 3.63) is 46.7 Å². The molecule has 4 rings (SSSR count). The average Bonchev–Trinajstić information content (AvgIpc) is 3.41. The number of halogens is 1. The van der Waals surface area contributed by atoms with E-state index < -0.39 is 12.1 Å². The van der Waals surface area contributed by atoms with Crippen LogP contribution in [-0.2, 0) is 9.53 Å². The lowest BCUT2D eigenvalue weighted by atomic mass is 10.2. The Morgan fingerprint density at radius 1 is 1.28 bits per heavy atom. The third-order valence-electron chi connectivity index (χ3n) is 5.17. The van der Waals surface area contributed by atoms with Crippen molar-refractivity contribution in [2.75, 3.05) is 0 Å². The fraction of sp³-hybridized carbons (Fsp3) is 0.381. The van der Waals surface area contributed by atoms with Crippen LogP contribution in [0.25, 0.3) is 15.9 Å². The van der Waals surface area contributed by atoms with Crippen LogP contribution in [0.2, 0.25) is 0 Å². The van der Waals surface area contributed by atoms with E-state index in [-0.39, 0.29) is 17.8 Å². The maximum Gasteiger partial charge on any atom is 0.349 e. The van der Waals surface area contributed by atoms with Crippen molar-refractivity contribution < 1.29 is 18.7 Å². The van der Waals surface area contributed by atoms with Crippen molar-refractivity contribution in [3.63, 3.8) is 0 Å². The molecule has 1 aromatic carbocycles. The van der Waals surface area contributed by atoms with Crippen LogP contribution in [0.1, 0.15) is 48.0 Å². The van der Waals surface area contributed by atoms with E-state index in [9.17, 15) is 14.0 Å².